The minimum Gasteiger partial charge on any atom is -0.338 e. The first kappa shape index (κ1) is 19.3. The topological polar surface area (TPSA) is 32.3 Å². The number of halogens is 1. The Morgan fingerprint density at radius 1 is 1.08 bits per heavy atom. The van der Waals surface area contributed by atoms with Crippen LogP contribution in [0.1, 0.15) is 57.6 Å². The third kappa shape index (κ3) is 3.94. The van der Waals surface area contributed by atoms with Crippen molar-refractivity contribution in [2.24, 2.45) is 5.41 Å². The van der Waals surface area contributed by atoms with E-state index in [0.717, 1.165) is 51.9 Å². The number of carbonyl (C=O) groups is 1. The molecule has 0 bridgehead atoms. The van der Waals surface area contributed by atoms with Crippen LogP contribution < -0.4 is 5.32 Å². The van der Waals surface area contributed by atoms with Gasteiger partial charge in [0.15, 0.2) is 0 Å². The van der Waals surface area contributed by atoms with Crippen LogP contribution in [0.3, 0.4) is 0 Å². The first-order valence-electron chi connectivity index (χ1n) is 9.00. The predicted octanol–water partition coefficient (Wildman–Crippen LogP) is 3.90. The smallest absolute Gasteiger partial charge is 0.229 e. The highest BCUT2D eigenvalue weighted by Crippen LogP contribution is 2.39. The van der Waals surface area contributed by atoms with Crippen LogP contribution in [0.2, 0.25) is 0 Å². The van der Waals surface area contributed by atoms with Gasteiger partial charge in [0, 0.05) is 13.1 Å². The zero-order valence-corrected chi connectivity index (χ0v) is 16.0. The van der Waals surface area contributed by atoms with Gasteiger partial charge < -0.3 is 10.2 Å². The Kier molecular flexibility index (Phi) is 5.98. The van der Waals surface area contributed by atoms with Gasteiger partial charge in [-0.1, -0.05) is 45.0 Å². The Hall–Kier alpha value is -1.06. The van der Waals surface area contributed by atoms with E-state index in [2.05, 4.69) is 55.3 Å². The molecule has 24 heavy (non-hydrogen) atoms. The molecule has 134 valence electrons. The summed E-state index contributed by atoms with van der Waals surface area (Å²) in [4.78, 5) is 15.1. The summed E-state index contributed by atoms with van der Waals surface area (Å²) >= 11 is 0. The molecule has 1 N–H and O–H groups in total. The maximum absolute atomic E-state index is 13.0. The van der Waals surface area contributed by atoms with Crippen LogP contribution in [-0.2, 0) is 16.8 Å². The zero-order valence-electron chi connectivity index (χ0n) is 15.2. The molecule has 0 radical (unpaired) electrons. The molecule has 4 heteroatoms. The Labute approximate surface area is 152 Å². The van der Waals surface area contributed by atoms with Crippen molar-refractivity contribution in [2.75, 3.05) is 19.6 Å². The SMILES string of the molecule is CC(C)(C)c1ccc(CN2CCCC3(CCNCC3)C2=O)cc1.Cl. The Bertz CT molecular complexity index is 550. The van der Waals surface area contributed by atoms with Gasteiger partial charge in [0.1, 0.15) is 0 Å². The van der Waals surface area contributed by atoms with E-state index in [1.54, 1.807) is 0 Å². The van der Waals surface area contributed by atoms with Crippen LogP contribution in [0, 0.1) is 5.41 Å². The third-order valence-corrected chi connectivity index (χ3v) is 5.58. The maximum atomic E-state index is 13.0. The summed E-state index contributed by atoms with van der Waals surface area (Å²) in [5.41, 5.74) is 2.70. The summed E-state index contributed by atoms with van der Waals surface area (Å²) in [6, 6.07) is 8.81. The summed E-state index contributed by atoms with van der Waals surface area (Å²) in [7, 11) is 0. The molecule has 1 spiro atoms. The molecule has 2 heterocycles. The van der Waals surface area contributed by atoms with E-state index in [1.807, 2.05) is 0 Å². The van der Waals surface area contributed by atoms with Crippen LogP contribution in [-0.4, -0.2) is 30.4 Å². The molecular formula is C20H31ClN2O. The Morgan fingerprint density at radius 3 is 2.29 bits per heavy atom. The van der Waals surface area contributed by atoms with Crippen LogP contribution >= 0.6 is 12.4 Å². The average Bonchev–Trinajstić information content (AvgIpc) is 2.53. The van der Waals surface area contributed by atoms with Gasteiger partial charge in [0.2, 0.25) is 5.91 Å². The standard InChI is InChI=1S/C20H30N2O.ClH/c1-19(2,3)17-7-5-16(6-8-17)15-22-14-4-9-20(18(22)23)10-12-21-13-11-20;/h5-8,21H,4,9-15H2,1-3H3;1H. The predicted molar refractivity (Wildman–Crippen MR) is 102 cm³/mol. The van der Waals surface area contributed by atoms with Crippen LogP contribution in [0.25, 0.3) is 0 Å². The van der Waals surface area contributed by atoms with Gasteiger partial charge in [-0.2, -0.15) is 0 Å². The summed E-state index contributed by atoms with van der Waals surface area (Å²) < 4.78 is 0. The average molecular weight is 351 g/mol. The van der Waals surface area contributed by atoms with Gasteiger partial charge in [0.25, 0.3) is 0 Å². The van der Waals surface area contributed by atoms with E-state index in [9.17, 15) is 4.79 Å². The molecule has 2 aliphatic rings. The van der Waals surface area contributed by atoms with Gasteiger partial charge in [-0.3, -0.25) is 4.79 Å². The zero-order chi connectivity index (χ0) is 16.5. The van der Waals surface area contributed by atoms with Crippen molar-refractivity contribution >= 4 is 18.3 Å². The highest BCUT2D eigenvalue weighted by Gasteiger charge is 2.44. The van der Waals surface area contributed by atoms with E-state index in [-0.39, 0.29) is 23.2 Å². The van der Waals surface area contributed by atoms with Gasteiger partial charge in [-0.15, -0.1) is 12.4 Å². The monoisotopic (exact) mass is 350 g/mol. The van der Waals surface area contributed by atoms with Crippen LogP contribution in [0.15, 0.2) is 24.3 Å². The lowest BCUT2D eigenvalue weighted by atomic mass is 9.72. The van der Waals surface area contributed by atoms with E-state index in [4.69, 9.17) is 0 Å². The van der Waals surface area contributed by atoms with Crippen molar-refractivity contribution in [2.45, 2.75) is 58.4 Å². The van der Waals surface area contributed by atoms with Gasteiger partial charge >= 0.3 is 0 Å². The molecule has 0 saturated carbocycles. The fourth-order valence-electron chi connectivity index (χ4n) is 4.00. The van der Waals surface area contributed by atoms with Crippen LogP contribution in [0.5, 0.6) is 0 Å². The lowest BCUT2D eigenvalue weighted by Crippen LogP contribution is -2.52. The molecule has 2 aliphatic heterocycles. The normalized spacial score (nSPS) is 20.8. The van der Waals surface area contributed by atoms with Crippen molar-refractivity contribution in [1.82, 2.24) is 10.2 Å². The molecule has 3 nitrogen and oxygen atoms in total. The number of nitrogens with one attached hydrogen (secondary N) is 1. The highest BCUT2D eigenvalue weighted by atomic mass is 35.5. The number of amides is 1. The van der Waals surface area contributed by atoms with E-state index in [1.165, 1.54) is 11.1 Å². The summed E-state index contributed by atoms with van der Waals surface area (Å²) in [6.45, 7) is 10.3. The summed E-state index contributed by atoms with van der Waals surface area (Å²) in [5.74, 6) is 0.394. The molecule has 1 aromatic rings. The summed E-state index contributed by atoms with van der Waals surface area (Å²) in [6.07, 6.45) is 4.23. The van der Waals surface area contributed by atoms with Crippen molar-refractivity contribution in [3.63, 3.8) is 0 Å². The Morgan fingerprint density at radius 2 is 1.71 bits per heavy atom. The third-order valence-electron chi connectivity index (χ3n) is 5.58. The number of benzene rings is 1. The van der Waals surface area contributed by atoms with Gasteiger partial charge in [0.05, 0.1) is 5.41 Å². The van der Waals surface area contributed by atoms with E-state index >= 15 is 0 Å². The number of hydrogen-bond acceptors (Lipinski definition) is 2. The van der Waals surface area contributed by atoms with E-state index < -0.39 is 0 Å². The number of hydrogen-bond donors (Lipinski definition) is 1. The number of likely N-dealkylation sites (tertiary alicyclic amines) is 1. The van der Waals surface area contributed by atoms with Crippen molar-refractivity contribution in [3.05, 3.63) is 35.4 Å². The molecule has 0 aromatic heterocycles. The second-order valence-electron chi connectivity index (χ2n) is 8.31. The number of rotatable bonds is 2. The lowest BCUT2D eigenvalue weighted by molar-refractivity contribution is -0.149. The van der Waals surface area contributed by atoms with Crippen LogP contribution in [0.4, 0.5) is 0 Å². The molecule has 0 atom stereocenters. The number of nitrogens with zero attached hydrogens (tertiary/aromatic N) is 1. The molecule has 2 saturated heterocycles. The molecule has 1 aromatic carbocycles. The van der Waals surface area contributed by atoms with Crippen molar-refractivity contribution in [3.8, 4) is 0 Å². The molecule has 0 unspecified atom stereocenters. The quantitative estimate of drug-likeness (QED) is 0.877. The van der Waals surface area contributed by atoms with Crippen molar-refractivity contribution in [1.29, 1.82) is 0 Å². The molecule has 0 aliphatic carbocycles. The fraction of sp³-hybridized carbons (Fsp3) is 0.650. The highest BCUT2D eigenvalue weighted by molar-refractivity contribution is 5.85. The van der Waals surface area contributed by atoms with E-state index in [0.29, 0.717) is 5.91 Å². The fourth-order valence-corrected chi connectivity index (χ4v) is 4.00. The first-order valence-corrected chi connectivity index (χ1v) is 9.00. The molecule has 2 fully saturated rings. The molecular weight excluding hydrogens is 320 g/mol. The maximum Gasteiger partial charge on any atom is 0.229 e. The van der Waals surface area contributed by atoms with Crippen molar-refractivity contribution < 1.29 is 4.79 Å². The largest absolute Gasteiger partial charge is 0.338 e. The number of piperidine rings is 2. The summed E-state index contributed by atoms with van der Waals surface area (Å²) in [5, 5.41) is 3.39. The van der Waals surface area contributed by atoms with Gasteiger partial charge in [-0.25, -0.2) is 0 Å². The molecule has 3 rings (SSSR count). The first-order chi connectivity index (χ1) is 10.9. The minimum atomic E-state index is -0.0746. The minimum absolute atomic E-state index is 0. The second-order valence-corrected chi connectivity index (χ2v) is 8.31. The number of carbonyl (C=O) groups excluding carboxylic acids is 1. The molecule has 1 amide bonds. The Balaban J connectivity index is 0.00000208. The lowest BCUT2D eigenvalue weighted by Gasteiger charge is -2.44. The van der Waals surface area contributed by atoms with Gasteiger partial charge in [-0.05, 0) is 55.3 Å². The second kappa shape index (κ2) is 7.45.